The number of carbonyl (C=O) groups excluding carboxylic acids is 1. The molecule has 0 fully saturated rings. The van der Waals surface area contributed by atoms with Gasteiger partial charge in [0.05, 0.1) is 11.6 Å². The van der Waals surface area contributed by atoms with Gasteiger partial charge in [-0.25, -0.2) is 4.79 Å². The zero-order valence-corrected chi connectivity index (χ0v) is 10.1. The van der Waals surface area contributed by atoms with Crippen LogP contribution < -0.4 is 10.6 Å². The van der Waals surface area contributed by atoms with Gasteiger partial charge in [-0.3, -0.25) is 4.79 Å². The molecule has 4 N–H and O–H groups in total. The highest BCUT2D eigenvalue weighted by Crippen LogP contribution is 2.03. The maximum absolute atomic E-state index is 11.7. The zero-order chi connectivity index (χ0) is 12.9. The quantitative estimate of drug-likeness (QED) is 0.486. The summed E-state index contributed by atoms with van der Waals surface area (Å²) < 4.78 is 0. The molecule has 0 bridgehead atoms. The third-order valence-corrected chi connectivity index (χ3v) is 2.22. The van der Waals surface area contributed by atoms with Crippen LogP contribution in [-0.2, 0) is 9.59 Å². The van der Waals surface area contributed by atoms with Crippen molar-refractivity contribution in [2.45, 2.75) is 45.4 Å². The summed E-state index contributed by atoms with van der Waals surface area (Å²) in [6.45, 7) is 7.05. The van der Waals surface area contributed by atoms with E-state index in [1.807, 2.05) is 6.92 Å². The van der Waals surface area contributed by atoms with Crippen LogP contribution >= 0.6 is 0 Å². The molecular weight excluding hydrogens is 212 g/mol. The molecular formula is C10H20N2O4. The van der Waals surface area contributed by atoms with E-state index in [0.29, 0.717) is 6.54 Å². The minimum atomic E-state index is -1.29. The van der Waals surface area contributed by atoms with Crippen LogP contribution in [0, 0.1) is 0 Å². The number of hydrogen-bond donors (Lipinski definition) is 4. The van der Waals surface area contributed by atoms with Gasteiger partial charge in [0.15, 0.2) is 6.04 Å². The molecule has 0 spiro atoms. The second-order valence-corrected chi connectivity index (χ2v) is 4.19. The van der Waals surface area contributed by atoms with Crippen molar-refractivity contribution in [3.8, 4) is 0 Å². The van der Waals surface area contributed by atoms with Crippen molar-refractivity contribution in [3.05, 3.63) is 0 Å². The van der Waals surface area contributed by atoms with Gasteiger partial charge >= 0.3 is 5.97 Å². The highest BCUT2D eigenvalue weighted by molar-refractivity contribution is 5.89. The van der Waals surface area contributed by atoms with Gasteiger partial charge in [0, 0.05) is 0 Å². The number of rotatable bonds is 6. The maximum atomic E-state index is 11.7. The minimum absolute atomic E-state index is 0.456. The molecule has 6 heteroatoms. The van der Waals surface area contributed by atoms with Gasteiger partial charge in [-0.05, 0) is 27.3 Å². The van der Waals surface area contributed by atoms with E-state index in [-0.39, 0.29) is 0 Å². The Kier molecular flexibility index (Phi) is 5.40. The van der Waals surface area contributed by atoms with E-state index >= 15 is 0 Å². The molecule has 0 aliphatic rings. The monoisotopic (exact) mass is 232 g/mol. The second kappa shape index (κ2) is 5.81. The first kappa shape index (κ1) is 14.9. The number of likely N-dealkylation sites (N-methyl/N-ethyl adjacent to an activating group) is 1. The van der Waals surface area contributed by atoms with E-state index in [2.05, 4.69) is 10.6 Å². The molecule has 94 valence electrons. The third kappa shape index (κ3) is 4.16. The van der Waals surface area contributed by atoms with Gasteiger partial charge in [0.2, 0.25) is 5.91 Å². The molecule has 0 saturated carbocycles. The number of hydrogen-bond acceptors (Lipinski definition) is 4. The average Bonchev–Trinajstić information content (AvgIpc) is 2.12. The zero-order valence-electron chi connectivity index (χ0n) is 10.1. The summed E-state index contributed by atoms with van der Waals surface area (Å²) in [5.74, 6) is -1.71. The number of amides is 1. The van der Waals surface area contributed by atoms with Crippen molar-refractivity contribution < 1.29 is 19.8 Å². The first-order chi connectivity index (χ1) is 7.22. The SMILES string of the molecule is CCNC(C)(C)C(=O)N[C@H](C(=O)O)[C@@H](C)O. The van der Waals surface area contributed by atoms with Crippen LogP contribution in [0.2, 0.25) is 0 Å². The average molecular weight is 232 g/mol. The Labute approximate surface area is 95.0 Å². The predicted molar refractivity (Wildman–Crippen MR) is 59.0 cm³/mol. The standard InChI is InChI=1S/C10H20N2O4/c1-5-11-10(3,4)9(16)12-7(6(2)13)8(14)15/h6-7,11,13H,5H2,1-4H3,(H,12,16)(H,14,15)/t6-,7+/m1/s1. The van der Waals surface area contributed by atoms with Gasteiger partial charge in [-0.1, -0.05) is 6.92 Å². The van der Waals surface area contributed by atoms with Crippen molar-refractivity contribution in [1.29, 1.82) is 0 Å². The van der Waals surface area contributed by atoms with Crippen LogP contribution in [0.5, 0.6) is 0 Å². The molecule has 2 atom stereocenters. The van der Waals surface area contributed by atoms with Crippen molar-refractivity contribution in [2.24, 2.45) is 0 Å². The second-order valence-electron chi connectivity index (χ2n) is 4.19. The molecule has 6 nitrogen and oxygen atoms in total. The van der Waals surface area contributed by atoms with Crippen molar-refractivity contribution in [2.75, 3.05) is 6.54 Å². The fourth-order valence-electron chi connectivity index (χ4n) is 1.23. The lowest BCUT2D eigenvalue weighted by Crippen LogP contribution is -2.58. The summed E-state index contributed by atoms with van der Waals surface area (Å²) in [6, 6.07) is -1.29. The molecule has 0 aliphatic carbocycles. The molecule has 0 aliphatic heterocycles. The van der Waals surface area contributed by atoms with E-state index in [9.17, 15) is 14.7 Å². The number of aliphatic hydroxyl groups excluding tert-OH is 1. The van der Waals surface area contributed by atoms with E-state index in [1.54, 1.807) is 13.8 Å². The van der Waals surface area contributed by atoms with Crippen LogP contribution in [0.1, 0.15) is 27.7 Å². The Hall–Kier alpha value is -1.14. The lowest BCUT2D eigenvalue weighted by Gasteiger charge is -2.27. The van der Waals surface area contributed by atoms with Gasteiger partial charge in [-0.2, -0.15) is 0 Å². The van der Waals surface area contributed by atoms with Crippen molar-refractivity contribution in [3.63, 3.8) is 0 Å². The lowest BCUT2D eigenvalue weighted by atomic mass is 10.0. The minimum Gasteiger partial charge on any atom is -0.480 e. The molecule has 0 unspecified atom stereocenters. The van der Waals surface area contributed by atoms with Crippen LogP contribution in [0.25, 0.3) is 0 Å². The smallest absolute Gasteiger partial charge is 0.328 e. The maximum Gasteiger partial charge on any atom is 0.328 e. The molecule has 0 aromatic heterocycles. The Morgan fingerprint density at radius 1 is 1.38 bits per heavy atom. The number of carboxylic acids is 1. The van der Waals surface area contributed by atoms with E-state index in [4.69, 9.17) is 5.11 Å². The molecule has 0 rings (SSSR count). The summed E-state index contributed by atoms with van der Waals surface area (Å²) in [5, 5.41) is 23.2. The summed E-state index contributed by atoms with van der Waals surface area (Å²) in [7, 11) is 0. The predicted octanol–water partition coefficient (Wildman–Crippen LogP) is -0.675. The summed E-state index contributed by atoms with van der Waals surface area (Å²) in [6.07, 6.45) is -1.14. The molecule has 0 aromatic rings. The summed E-state index contributed by atoms with van der Waals surface area (Å²) >= 11 is 0. The van der Waals surface area contributed by atoms with Crippen molar-refractivity contribution in [1.82, 2.24) is 10.6 Å². The Balaban J connectivity index is 4.58. The molecule has 0 radical (unpaired) electrons. The molecule has 0 aromatic carbocycles. The number of aliphatic hydroxyl groups is 1. The Morgan fingerprint density at radius 2 is 1.88 bits per heavy atom. The first-order valence-electron chi connectivity index (χ1n) is 5.19. The Morgan fingerprint density at radius 3 is 2.19 bits per heavy atom. The highest BCUT2D eigenvalue weighted by atomic mass is 16.4. The van der Waals surface area contributed by atoms with E-state index in [0.717, 1.165) is 0 Å². The highest BCUT2D eigenvalue weighted by Gasteiger charge is 2.32. The number of carboxylic acid groups (broad SMARTS) is 1. The van der Waals surface area contributed by atoms with E-state index in [1.165, 1.54) is 6.92 Å². The van der Waals surface area contributed by atoms with Crippen molar-refractivity contribution >= 4 is 11.9 Å². The fourth-order valence-corrected chi connectivity index (χ4v) is 1.23. The lowest BCUT2D eigenvalue weighted by molar-refractivity contribution is -0.145. The number of aliphatic carboxylic acids is 1. The molecule has 0 heterocycles. The Bertz CT molecular complexity index is 264. The number of nitrogens with one attached hydrogen (secondary N) is 2. The van der Waals surface area contributed by atoms with Gasteiger partial charge < -0.3 is 20.8 Å². The van der Waals surface area contributed by atoms with Gasteiger partial charge in [0.1, 0.15) is 0 Å². The first-order valence-corrected chi connectivity index (χ1v) is 5.19. The van der Waals surface area contributed by atoms with Crippen LogP contribution in [0.3, 0.4) is 0 Å². The normalized spacial score (nSPS) is 15.3. The molecule has 0 saturated heterocycles. The van der Waals surface area contributed by atoms with E-state index < -0.39 is 29.6 Å². The topological polar surface area (TPSA) is 98.7 Å². The molecule has 1 amide bonds. The summed E-state index contributed by atoms with van der Waals surface area (Å²) in [4.78, 5) is 22.5. The van der Waals surface area contributed by atoms with Crippen LogP contribution in [0.4, 0.5) is 0 Å². The third-order valence-electron chi connectivity index (χ3n) is 2.22. The molecule has 16 heavy (non-hydrogen) atoms. The fraction of sp³-hybridized carbons (Fsp3) is 0.800. The summed E-state index contributed by atoms with van der Waals surface area (Å²) in [5.41, 5.74) is -0.864. The van der Waals surface area contributed by atoms with Crippen LogP contribution in [-0.4, -0.2) is 46.3 Å². The number of carbonyl (C=O) groups is 2. The van der Waals surface area contributed by atoms with Gasteiger partial charge in [0.25, 0.3) is 0 Å². The largest absolute Gasteiger partial charge is 0.480 e. The van der Waals surface area contributed by atoms with Crippen LogP contribution in [0.15, 0.2) is 0 Å². The van der Waals surface area contributed by atoms with Gasteiger partial charge in [-0.15, -0.1) is 0 Å².